The molecule has 0 aromatic carbocycles. The SMILES string of the molecule is O[Si](O)(O)O.[KH].[LiH].[NaH]. The molecule has 4 N–H and O–H groups in total. The van der Waals surface area contributed by atoms with Crippen molar-refractivity contribution in [3.8, 4) is 0 Å². The monoisotopic (exact) mass is 168 g/mol. The first-order valence-electron chi connectivity index (χ1n) is 0.894. The maximum absolute atomic E-state index is 7.33. The van der Waals surface area contributed by atoms with E-state index in [2.05, 4.69) is 0 Å². The molecule has 0 fully saturated rings. The van der Waals surface area contributed by atoms with E-state index in [1.807, 2.05) is 0 Å². The van der Waals surface area contributed by atoms with Gasteiger partial charge in [-0.1, -0.05) is 0 Å². The first kappa shape index (κ1) is 22.5. The molecule has 0 bridgehead atoms. The number of hydrogen-bond donors (Lipinski definition) is 4. The van der Waals surface area contributed by atoms with Crippen LogP contribution in [0.15, 0.2) is 0 Å². The van der Waals surface area contributed by atoms with Gasteiger partial charge in [0.15, 0.2) is 0 Å². The van der Waals surface area contributed by atoms with E-state index in [1.165, 1.54) is 0 Å². The van der Waals surface area contributed by atoms with E-state index in [1.54, 1.807) is 0 Å². The van der Waals surface area contributed by atoms with Crippen LogP contribution in [0, 0.1) is 0 Å². The first-order valence-corrected chi connectivity index (χ1v) is 2.68. The van der Waals surface area contributed by atoms with Crippen molar-refractivity contribution in [3.63, 3.8) is 0 Å². The predicted octanol–water partition coefficient (Wildman–Crippen LogP) is -4.55. The summed E-state index contributed by atoms with van der Waals surface area (Å²) in [6, 6.07) is 0. The summed E-state index contributed by atoms with van der Waals surface area (Å²) >= 11 is 0. The summed E-state index contributed by atoms with van der Waals surface area (Å²) in [7, 11) is -4.61. The number of rotatable bonds is 0. The molecule has 0 aliphatic rings. The third kappa shape index (κ3) is 59.0. The van der Waals surface area contributed by atoms with Gasteiger partial charge in [0, 0.05) is 0 Å². The Balaban J connectivity index is -0.0000000267. The van der Waals surface area contributed by atoms with Crippen molar-refractivity contribution in [1.29, 1.82) is 0 Å². The molecule has 0 heterocycles. The molecule has 4 nitrogen and oxygen atoms in total. The van der Waals surface area contributed by atoms with Crippen LogP contribution in [-0.2, 0) is 0 Å². The van der Waals surface area contributed by atoms with Gasteiger partial charge in [-0.25, -0.2) is 0 Å². The fourth-order valence-corrected chi connectivity index (χ4v) is 0. The molecule has 0 atom stereocenters. The van der Waals surface area contributed by atoms with E-state index in [0.717, 1.165) is 0 Å². The van der Waals surface area contributed by atoms with E-state index in [4.69, 9.17) is 19.2 Å². The van der Waals surface area contributed by atoms with Crippen LogP contribution in [0.3, 0.4) is 0 Å². The second-order valence-electron chi connectivity index (χ2n) is 0.600. The van der Waals surface area contributed by atoms with Crippen molar-refractivity contribution >= 4 is 109 Å². The molecule has 0 unspecified atom stereocenters. The van der Waals surface area contributed by atoms with Crippen molar-refractivity contribution in [2.75, 3.05) is 0 Å². The van der Waals surface area contributed by atoms with Gasteiger partial charge in [0.1, 0.15) is 0 Å². The van der Waals surface area contributed by atoms with Gasteiger partial charge in [0.25, 0.3) is 0 Å². The van der Waals surface area contributed by atoms with Gasteiger partial charge in [-0.05, 0) is 0 Å². The standard InChI is InChI=1S/K.Li.Na.H4O4Si.3H/c;;;1-5(2,3)4;;;/h;;;1-4H;;;. The summed E-state index contributed by atoms with van der Waals surface area (Å²) < 4.78 is 0. The van der Waals surface area contributed by atoms with Gasteiger partial charge < -0.3 is 19.2 Å². The van der Waals surface area contributed by atoms with Crippen LogP contribution >= 0.6 is 0 Å². The van der Waals surface area contributed by atoms with E-state index < -0.39 is 9.05 Å². The van der Waals surface area contributed by atoms with Crippen molar-refractivity contribution < 1.29 is 19.2 Å². The van der Waals surface area contributed by atoms with Gasteiger partial charge in [-0.2, -0.15) is 0 Å². The van der Waals surface area contributed by atoms with Crippen LogP contribution in [0.4, 0.5) is 0 Å². The van der Waals surface area contributed by atoms with Crippen molar-refractivity contribution in [2.24, 2.45) is 0 Å². The van der Waals surface area contributed by atoms with Crippen molar-refractivity contribution in [3.05, 3.63) is 0 Å². The normalized spacial score (nSPS) is 7.50. The summed E-state index contributed by atoms with van der Waals surface area (Å²) in [4.78, 5) is 29.3. The van der Waals surface area contributed by atoms with Crippen molar-refractivity contribution in [2.45, 2.75) is 0 Å². The Morgan fingerprint density at radius 3 is 0.875 bits per heavy atom. The van der Waals surface area contributed by atoms with Gasteiger partial charge in [0.05, 0.1) is 0 Å². The molecule has 0 aliphatic carbocycles. The zero-order chi connectivity index (χ0) is 4.50. The van der Waals surface area contributed by atoms with Crippen LogP contribution in [0.5, 0.6) is 0 Å². The average molecular weight is 168 g/mol. The fourth-order valence-electron chi connectivity index (χ4n) is 0. The quantitative estimate of drug-likeness (QED) is 0.275. The van der Waals surface area contributed by atoms with Gasteiger partial charge in [-0.15, -0.1) is 0 Å². The minimum atomic E-state index is -4.61. The zero-order valence-corrected chi connectivity index (χ0v) is 3.29. The van der Waals surface area contributed by atoms with Crippen LogP contribution in [-0.4, -0.2) is 128 Å². The Labute approximate surface area is 125 Å². The van der Waals surface area contributed by atoms with Gasteiger partial charge >= 0.3 is 109 Å². The molecule has 0 rings (SSSR count). The minimum absolute atomic E-state index is 0. The Hall–Kier alpha value is 3.29. The molecule has 8 heavy (non-hydrogen) atoms. The second-order valence-corrected chi connectivity index (χ2v) is 1.80. The molecular weight excluding hydrogens is 161 g/mol. The topological polar surface area (TPSA) is 80.9 Å². The Morgan fingerprint density at radius 1 is 0.875 bits per heavy atom. The predicted molar refractivity (Wildman–Crippen MR) is 36.1 cm³/mol. The first-order chi connectivity index (χ1) is 2.00. The number of hydrogen-bond acceptors (Lipinski definition) is 4. The van der Waals surface area contributed by atoms with Gasteiger partial charge in [-0.3, -0.25) is 0 Å². The molecular formula is H7KLiNaO4Si. The summed E-state index contributed by atoms with van der Waals surface area (Å²) in [5.41, 5.74) is 0. The third-order valence-corrected chi connectivity index (χ3v) is 0. The molecule has 0 aromatic rings. The summed E-state index contributed by atoms with van der Waals surface area (Å²) in [6.45, 7) is 0. The van der Waals surface area contributed by atoms with E-state index in [-0.39, 0.29) is 99.8 Å². The third-order valence-electron chi connectivity index (χ3n) is 0. The van der Waals surface area contributed by atoms with Crippen LogP contribution in [0.2, 0.25) is 0 Å². The Kier molecular flexibility index (Phi) is 28.9. The molecule has 0 aromatic heterocycles. The summed E-state index contributed by atoms with van der Waals surface area (Å²) in [5, 5.41) is 0. The maximum atomic E-state index is 7.33. The molecule has 38 valence electrons. The summed E-state index contributed by atoms with van der Waals surface area (Å²) in [5.74, 6) is 0. The zero-order valence-electron chi connectivity index (χ0n) is 2.29. The molecule has 0 spiro atoms. The van der Waals surface area contributed by atoms with Crippen LogP contribution < -0.4 is 0 Å². The van der Waals surface area contributed by atoms with Gasteiger partial charge in [0.2, 0.25) is 0 Å². The molecule has 0 saturated heterocycles. The van der Waals surface area contributed by atoms with Crippen LogP contribution in [0.1, 0.15) is 0 Å². The van der Waals surface area contributed by atoms with E-state index in [9.17, 15) is 0 Å². The molecule has 0 amide bonds. The Bertz CT molecular complexity index is 31.5. The van der Waals surface area contributed by atoms with E-state index in [0.29, 0.717) is 0 Å². The van der Waals surface area contributed by atoms with Crippen molar-refractivity contribution in [1.82, 2.24) is 0 Å². The molecule has 0 saturated carbocycles. The Morgan fingerprint density at radius 2 is 0.875 bits per heavy atom. The molecule has 8 heteroatoms. The fraction of sp³-hybridized carbons (Fsp3) is 0. The molecule has 0 aliphatic heterocycles. The average Bonchev–Trinajstić information content (AvgIpc) is 0.722. The van der Waals surface area contributed by atoms with E-state index >= 15 is 0 Å². The van der Waals surface area contributed by atoms with Crippen LogP contribution in [0.25, 0.3) is 0 Å². The summed E-state index contributed by atoms with van der Waals surface area (Å²) in [6.07, 6.45) is 0. The second kappa shape index (κ2) is 10.3. The molecule has 0 radical (unpaired) electrons.